The maximum absolute atomic E-state index is 12.7. The molecule has 0 radical (unpaired) electrons. The monoisotopic (exact) mass is 365 g/mol. The van der Waals surface area contributed by atoms with Crippen molar-refractivity contribution in [1.29, 1.82) is 5.26 Å². The number of carbonyl (C=O) groups is 1. The fourth-order valence-electron chi connectivity index (χ4n) is 3.52. The highest BCUT2D eigenvalue weighted by Crippen LogP contribution is 2.34. The average Bonchev–Trinajstić information content (AvgIpc) is 3.00. The lowest BCUT2D eigenvalue weighted by Gasteiger charge is -2.33. The minimum absolute atomic E-state index is 0.120. The Balaban J connectivity index is 1.50. The molecule has 1 aromatic carbocycles. The largest absolute Gasteiger partial charge is 0.391 e. The van der Waals surface area contributed by atoms with Crippen LogP contribution in [0, 0.1) is 17.2 Å². The summed E-state index contributed by atoms with van der Waals surface area (Å²) in [6, 6.07) is 8.85. The van der Waals surface area contributed by atoms with E-state index >= 15 is 0 Å². The van der Waals surface area contributed by atoms with E-state index in [1.165, 1.54) is 0 Å². The van der Waals surface area contributed by atoms with Gasteiger partial charge in [-0.1, -0.05) is 6.07 Å². The molecule has 2 saturated heterocycles. The smallest absolute Gasteiger partial charge is 0.321 e. The Hall–Kier alpha value is -2.27. The number of piperidine rings is 1. The van der Waals surface area contributed by atoms with Gasteiger partial charge < -0.3 is 9.80 Å². The maximum Gasteiger partial charge on any atom is 0.391 e. The topological polar surface area (TPSA) is 50.6 Å². The van der Waals surface area contributed by atoms with E-state index in [-0.39, 0.29) is 18.9 Å². The minimum atomic E-state index is -4.10. The molecular weight excluding hydrogens is 344 g/mol. The van der Waals surface area contributed by atoms with Crippen molar-refractivity contribution >= 4 is 11.7 Å². The minimum Gasteiger partial charge on any atom is -0.321 e. The number of nitrogens with zero attached hydrogens (tertiary/aromatic N) is 4. The summed E-state index contributed by atoms with van der Waals surface area (Å²) >= 11 is 0. The molecule has 0 aromatic heterocycles. The number of nitriles is 1. The summed E-state index contributed by atoms with van der Waals surface area (Å²) in [7, 11) is 0. The third kappa shape index (κ3) is 4.10. The molecule has 0 aliphatic carbocycles. The van der Waals surface area contributed by atoms with E-state index in [0.29, 0.717) is 50.5 Å². The summed E-state index contributed by atoms with van der Waals surface area (Å²) in [5.74, 6) is -1.20. The summed E-state index contributed by atoms with van der Waals surface area (Å²) in [4.78, 5) is 17.9. The second-order valence-corrected chi connectivity index (χ2v) is 6.74. The number of halogens is 3. The van der Waals surface area contributed by atoms with Crippen molar-refractivity contribution in [2.45, 2.75) is 19.0 Å². The molecule has 0 unspecified atom stereocenters. The molecule has 2 aliphatic heterocycles. The van der Waals surface area contributed by atoms with Crippen LogP contribution in [0.15, 0.2) is 24.3 Å². The maximum atomic E-state index is 12.7. The Kier molecular flexibility index (Phi) is 5.37. The molecular formula is C18H21F3N4O. The van der Waals surface area contributed by atoms with Crippen LogP contribution in [0.1, 0.15) is 18.4 Å². The first-order chi connectivity index (χ1) is 12.4. The molecule has 0 atom stereocenters. The Morgan fingerprint density at radius 3 is 2.50 bits per heavy atom. The van der Waals surface area contributed by atoms with Gasteiger partial charge in [0.15, 0.2) is 0 Å². The number of hydrogen-bond acceptors (Lipinski definition) is 3. The van der Waals surface area contributed by atoms with Gasteiger partial charge in [0.1, 0.15) is 0 Å². The van der Waals surface area contributed by atoms with Crippen molar-refractivity contribution in [1.82, 2.24) is 9.80 Å². The first-order valence-electron chi connectivity index (χ1n) is 8.74. The summed E-state index contributed by atoms with van der Waals surface area (Å²) < 4.78 is 38.1. The summed E-state index contributed by atoms with van der Waals surface area (Å²) in [6.45, 7) is 3.05. The third-order valence-corrected chi connectivity index (χ3v) is 5.12. The van der Waals surface area contributed by atoms with E-state index in [4.69, 9.17) is 5.26 Å². The zero-order valence-electron chi connectivity index (χ0n) is 14.4. The first kappa shape index (κ1) is 18.5. The number of urea groups is 1. The van der Waals surface area contributed by atoms with Crippen LogP contribution in [0.5, 0.6) is 0 Å². The van der Waals surface area contributed by atoms with Crippen molar-refractivity contribution < 1.29 is 18.0 Å². The van der Waals surface area contributed by atoms with Gasteiger partial charge in [-0.2, -0.15) is 18.4 Å². The molecule has 1 aromatic rings. The van der Waals surface area contributed by atoms with E-state index in [2.05, 4.69) is 6.07 Å². The number of amides is 2. The molecule has 0 bridgehead atoms. The standard InChI is InChI=1S/C18H21F3N4O/c19-18(20,21)15-4-6-23(7-5-15)8-9-24-10-11-25(17(24)26)16-3-1-2-14(12-16)13-22/h1-3,12,15H,4-11H2/i13-1. The van der Waals surface area contributed by atoms with Gasteiger partial charge in [-0.15, -0.1) is 0 Å². The molecule has 5 nitrogen and oxygen atoms in total. The zero-order valence-corrected chi connectivity index (χ0v) is 14.4. The Bertz CT molecular complexity index is 692. The molecule has 2 fully saturated rings. The van der Waals surface area contributed by atoms with E-state index in [0.717, 1.165) is 0 Å². The molecule has 0 saturated carbocycles. The van der Waals surface area contributed by atoms with Crippen LogP contribution in [0.4, 0.5) is 23.7 Å². The highest BCUT2D eigenvalue weighted by atomic mass is 19.4. The van der Waals surface area contributed by atoms with Crippen molar-refractivity contribution in [3.63, 3.8) is 0 Å². The normalized spacial score (nSPS) is 19.8. The Labute approximate surface area is 150 Å². The highest BCUT2D eigenvalue weighted by molar-refractivity contribution is 5.94. The van der Waals surface area contributed by atoms with Crippen LogP contribution in [0.2, 0.25) is 0 Å². The van der Waals surface area contributed by atoms with Crippen LogP contribution in [0.25, 0.3) is 0 Å². The van der Waals surface area contributed by atoms with Gasteiger partial charge in [-0.05, 0) is 44.1 Å². The highest BCUT2D eigenvalue weighted by Gasteiger charge is 2.41. The van der Waals surface area contributed by atoms with Gasteiger partial charge in [0.25, 0.3) is 0 Å². The molecule has 0 N–H and O–H groups in total. The third-order valence-electron chi connectivity index (χ3n) is 5.12. The van der Waals surface area contributed by atoms with Crippen molar-refractivity contribution in [3.05, 3.63) is 29.8 Å². The number of rotatable bonds is 4. The lowest BCUT2D eigenvalue weighted by molar-refractivity contribution is -0.185. The van der Waals surface area contributed by atoms with Crippen LogP contribution in [0.3, 0.4) is 0 Å². The van der Waals surface area contributed by atoms with Gasteiger partial charge in [0, 0.05) is 31.9 Å². The number of alkyl halides is 3. The summed E-state index contributed by atoms with van der Waals surface area (Å²) in [5, 5.41) is 8.98. The van der Waals surface area contributed by atoms with E-state index in [1.54, 1.807) is 34.1 Å². The van der Waals surface area contributed by atoms with E-state index in [9.17, 15) is 18.0 Å². The fraction of sp³-hybridized carbons (Fsp3) is 0.556. The average molecular weight is 365 g/mol. The molecule has 0 spiro atoms. The lowest BCUT2D eigenvalue weighted by atomic mass is 9.96. The van der Waals surface area contributed by atoms with Crippen molar-refractivity contribution in [3.8, 4) is 6.07 Å². The molecule has 2 heterocycles. The zero-order chi connectivity index (χ0) is 18.7. The van der Waals surface area contributed by atoms with E-state index < -0.39 is 12.1 Å². The van der Waals surface area contributed by atoms with Crippen LogP contribution in [-0.2, 0) is 0 Å². The Morgan fingerprint density at radius 2 is 1.85 bits per heavy atom. The van der Waals surface area contributed by atoms with Gasteiger partial charge >= 0.3 is 12.2 Å². The lowest BCUT2D eigenvalue weighted by Crippen LogP contribution is -2.43. The molecule has 26 heavy (non-hydrogen) atoms. The Morgan fingerprint density at radius 1 is 1.12 bits per heavy atom. The van der Waals surface area contributed by atoms with Crippen molar-refractivity contribution in [2.24, 2.45) is 5.92 Å². The first-order valence-corrected chi connectivity index (χ1v) is 8.74. The second kappa shape index (κ2) is 7.54. The molecule has 2 amide bonds. The predicted octanol–water partition coefficient (Wildman–Crippen LogP) is 3.07. The number of benzene rings is 1. The SMILES string of the molecule is N#[11C]c1cccc(N2CCN(CCN3CCC(C(F)(F)F)CC3)C2=O)c1. The van der Waals surface area contributed by atoms with E-state index in [1.807, 2.05) is 4.90 Å². The quantitative estimate of drug-likeness (QED) is 0.824. The fourth-order valence-corrected chi connectivity index (χ4v) is 3.52. The summed E-state index contributed by atoms with van der Waals surface area (Å²) in [5.41, 5.74) is 1.20. The van der Waals surface area contributed by atoms with Crippen molar-refractivity contribution in [2.75, 3.05) is 44.2 Å². The number of carbonyl (C=O) groups excluding carboxylic acids is 1. The number of anilines is 1. The van der Waals surface area contributed by atoms with Crippen LogP contribution >= 0.6 is 0 Å². The predicted molar refractivity (Wildman–Crippen MR) is 90.7 cm³/mol. The van der Waals surface area contributed by atoms with Gasteiger partial charge in [0.05, 0.1) is 17.6 Å². The molecule has 2 aliphatic rings. The molecule has 8 heteroatoms. The summed E-state index contributed by atoms with van der Waals surface area (Å²) in [6.07, 6.45) is -3.84. The van der Waals surface area contributed by atoms with Crippen LogP contribution < -0.4 is 4.90 Å². The number of likely N-dealkylation sites (tertiary alicyclic amines) is 1. The molecule has 140 valence electrons. The van der Waals surface area contributed by atoms with Crippen LogP contribution in [-0.4, -0.2) is 61.3 Å². The number of hydrogen-bond donors (Lipinski definition) is 0. The van der Waals surface area contributed by atoms with Gasteiger partial charge in [-0.25, -0.2) is 4.79 Å². The van der Waals surface area contributed by atoms with Gasteiger partial charge in [-0.3, -0.25) is 4.90 Å². The second-order valence-electron chi connectivity index (χ2n) is 6.74. The van der Waals surface area contributed by atoms with Gasteiger partial charge in [0.2, 0.25) is 0 Å². The molecule has 3 rings (SSSR count).